The van der Waals surface area contributed by atoms with E-state index in [4.69, 9.17) is 5.73 Å². The van der Waals surface area contributed by atoms with Crippen LogP contribution in [0.1, 0.15) is 19.3 Å². The molecule has 16 heavy (non-hydrogen) atoms. The lowest BCUT2D eigenvalue weighted by molar-refractivity contribution is 0.752. The van der Waals surface area contributed by atoms with E-state index in [9.17, 15) is 0 Å². The fraction of sp³-hybridized carbons (Fsp3) is 0.636. The molecular formula is C11H17N5. The summed E-state index contributed by atoms with van der Waals surface area (Å²) < 4.78 is 0. The highest BCUT2D eigenvalue weighted by molar-refractivity contribution is 5.53. The molecule has 1 saturated heterocycles. The monoisotopic (exact) mass is 219 g/mol. The number of hydrogen-bond acceptors (Lipinski definition) is 5. The summed E-state index contributed by atoms with van der Waals surface area (Å²) in [4.78, 5) is 2.28. The molecule has 0 bridgehead atoms. The minimum atomic E-state index is 0.299. The topological polar surface area (TPSA) is 67.1 Å². The molecule has 2 aliphatic rings. The summed E-state index contributed by atoms with van der Waals surface area (Å²) in [5.41, 5.74) is 7.03. The maximum atomic E-state index is 5.90. The van der Waals surface area contributed by atoms with Crippen LogP contribution in [-0.2, 0) is 0 Å². The van der Waals surface area contributed by atoms with Gasteiger partial charge in [-0.2, -0.15) is 5.10 Å². The minimum Gasteiger partial charge on any atom is -0.369 e. The number of aromatic nitrogens is 2. The van der Waals surface area contributed by atoms with Crippen LogP contribution in [-0.4, -0.2) is 35.4 Å². The van der Waals surface area contributed by atoms with Crippen LogP contribution in [0.4, 0.5) is 11.5 Å². The van der Waals surface area contributed by atoms with Crippen molar-refractivity contribution in [3.8, 4) is 0 Å². The van der Waals surface area contributed by atoms with E-state index in [2.05, 4.69) is 26.5 Å². The van der Waals surface area contributed by atoms with E-state index in [0.717, 1.165) is 31.0 Å². The normalized spacial score (nSPS) is 24.8. The van der Waals surface area contributed by atoms with Gasteiger partial charge in [-0.3, -0.25) is 0 Å². The van der Waals surface area contributed by atoms with E-state index in [1.54, 1.807) is 0 Å². The molecule has 2 heterocycles. The predicted octanol–water partition coefficient (Wildman–Crippen LogP) is 0.588. The molecule has 3 rings (SSSR count). The molecule has 1 aromatic rings. The van der Waals surface area contributed by atoms with Crippen LogP contribution in [0.2, 0.25) is 0 Å². The molecule has 1 saturated carbocycles. The zero-order valence-electron chi connectivity index (χ0n) is 9.26. The minimum absolute atomic E-state index is 0.299. The second-order valence-electron chi connectivity index (χ2n) is 4.71. The van der Waals surface area contributed by atoms with Gasteiger partial charge in [0.15, 0.2) is 5.82 Å². The lowest BCUT2D eigenvalue weighted by Gasteiger charge is -2.17. The third-order valence-electron chi connectivity index (χ3n) is 3.16. The van der Waals surface area contributed by atoms with Crippen LogP contribution in [0.3, 0.4) is 0 Å². The highest BCUT2D eigenvalue weighted by Gasteiger charge is 2.23. The van der Waals surface area contributed by atoms with E-state index < -0.39 is 0 Å². The van der Waals surface area contributed by atoms with Crippen molar-refractivity contribution in [1.82, 2.24) is 10.2 Å². The van der Waals surface area contributed by atoms with Crippen molar-refractivity contribution in [2.45, 2.75) is 31.3 Å². The molecule has 5 heteroatoms. The quantitative estimate of drug-likeness (QED) is 0.778. The van der Waals surface area contributed by atoms with Gasteiger partial charge in [0, 0.05) is 31.2 Å². The van der Waals surface area contributed by atoms with Crippen LogP contribution in [0.15, 0.2) is 12.3 Å². The van der Waals surface area contributed by atoms with E-state index in [1.165, 1.54) is 12.8 Å². The zero-order valence-corrected chi connectivity index (χ0v) is 9.26. The Hall–Kier alpha value is -1.36. The fourth-order valence-corrected chi connectivity index (χ4v) is 2.06. The Labute approximate surface area is 95.0 Å². The average Bonchev–Trinajstić information content (AvgIpc) is 2.98. The van der Waals surface area contributed by atoms with Crippen molar-refractivity contribution in [1.29, 1.82) is 0 Å². The molecule has 0 amide bonds. The van der Waals surface area contributed by atoms with Crippen molar-refractivity contribution < 1.29 is 0 Å². The number of anilines is 2. The summed E-state index contributed by atoms with van der Waals surface area (Å²) >= 11 is 0. The van der Waals surface area contributed by atoms with E-state index in [-0.39, 0.29) is 0 Å². The summed E-state index contributed by atoms with van der Waals surface area (Å²) in [5.74, 6) is 0.889. The highest BCUT2D eigenvalue weighted by Crippen LogP contribution is 2.26. The average molecular weight is 219 g/mol. The Morgan fingerprint density at radius 2 is 2.25 bits per heavy atom. The number of rotatable bonds is 3. The summed E-state index contributed by atoms with van der Waals surface area (Å²) in [5, 5.41) is 11.5. The Morgan fingerprint density at radius 3 is 2.94 bits per heavy atom. The lowest BCUT2D eigenvalue weighted by Crippen LogP contribution is -2.26. The predicted molar refractivity (Wildman–Crippen MR) is 63.5 cm³/mol. The van der Waals surface area contributed by atoms with Gasteiger partial charge in [0.05, 0.1) is 11.9 Å². The van der Waals surface area contributed by atoms with Crippen molar-refractivity contribution >= 4 is 11.5 Å². The first-order chi connectivity index (χ1) is 7.81. The van der Waals surface area contributed by atoms with Gasteiger partial charge in [-0.05, 0) is 19.3 Å². The van der Waals surface area contributed by atoms with Crippen LogP contribution >= 0.6 is 0 Å². The molecule has 1 atom stereocenters. The molecule has 1 aliphatic carbocycles. The first-order valence-electron chi connectivity index (χ1n) is 5.91. The smallest absolute Gasteiger partial charge is 0.150 e. The van der Waals surface area contributed by atoms with Crippen molar-refractivity contribution in [3.05, 3.63) is 12.3 Å². The Morgan fingerprint density at radius 1 is 1.38 bits per heavy atom. The third kappa shape index (κ3) is 2.09. The first kappa shape index (κ1) is 9.84. The van der Waals surface area contributed by atoms with Crippen molar-refractivity contribution in [2.75, 3.05) is 23.3 Å². The molecular weight excluding hydrogens is 202 g/mol. The van der Waals surface area contributed by atoms with E-state index in [1.807, 2.05) is 6.20 Å². The van der Waals surface area contributed by atoms with E-state index >= 15 is 0 Å². The number of nitrogens with two attached hydrogens (primary N) is 1. The van der Waals surface area contributed by atoms with Gasteiger partial charge in [-0.15, -0.1) is 5.10 Å². The molecule has 3 N–H and O–H groups in total. The molecule has 1 aliphatic heterocycles. The summed E-state index contributed by atoms with van der Waals surface area (Å²) in [6, 6.07) is 2.99. The van der Waals surface area contributed by atoms with Gasteiger partial charge in [0.25, 0.3) is 0 Å². The third-order valence-corrected chi connectivity index (χ3v) is 3.16. The maximum absolute atomic E-state index is 5.90. The molecule has 0 spiro atoms. The summed E-state index contributed by atoms with van der Waals surface area (Å²) in [6.07, 6.45) is 5.38. The molecule has 1 aromatic heterocycles. The molecule has 1 unspecified atom stereocenters. The standard InChI is InChI=1S/C11H17N5/c12-8-3-4-16(7-8)10-5-11(15-13-6-10)14-9-1-2-9/h5-6,8-9H,1-4,7,12H2,(H,14,15). The maximum Gasteiger partial charge on any atom is 0.150 e. The molecule has 0 aromatic carbocycles. The van der Waals surface area contributed by atoms with Crippen molar-refractivity contribution in [2.24, 2.45) is 5.73 Å². The van der Waals surface area contributed by atoms with Gasteiger partial charge in [-0.25, -0.2) is 0 Å². The van der Waals surface area contributed by atoms with Gasteiger partial charge < -0.3 is 16.0 Å². The van der Waals surface area contributed by atoms with E-state index in [0.29, 0.717) is 12.1 Å². The largest absolute Gasteiger partial charge is 0.369 e. The Kier molecular flexibility index (Phi) is 2.40. The second kappa shape index (κ2) is 3.90. The number of nitrogens with one attached hydrogen (secondary N) is 1. The summed E-state index contributed by atoms with van der Waals surface area (Å²) in [6.45, 7) is 1.95. The molecule has 2 fully saturated rings. The van der Waals surface area contributed by atoms with Crippen LogP contribution < -0.4 is 16.0 Å². The molecule has 5 nitrogen and oxygen atoms in total. The highest BCUT2D eigenvalue weighted by atomic mass is 15.2. The van der Waals surface area contributed by atoms with Crippen LogP contribution in [0, 0.1) is 0 Å². The molecule has 86 valence electrons. The molecule has 0 radical (unpaired) electrons. The van der Waals surface area contributed by atoms with Crippen LogP contribution in [0.25, 0.3) is 0 Å². The second-order valence-corrected chi connectivity index (χ2v) is 4.71. The fourth-order valence-electron chi connectivity index (χ4n) is 2.06. The lowest BCUT2D eigenvalue weighted by atomic mass is 10.3. The number of hydrogen-bond donors (Lipinski definition) is 2. The van der Waals surface area contributed by atoms with Gasteiger partial charge in [0.2, 0.25) is 0 Å². The van der Waals surface area contributed by atoms with Gasteiger partial charge >= 0.3 is 0 Å². The van der Waals surface area contributed by atoms with Gasteiger partial charge in [-0.1, -0.05) is 0 Å². The Bertz CT molecular complexity index is 376. The zero-order chi connectivity index (χ0) is 11.0. The van der Waals surface area contributed by atoms with Crippen LogP contribution in [0.5, 0.6) is 0 Å². The van der Waals surface area contributed by atoms with Crippen molar-refractivity contribution in [3.63, 3.8) is 0 Å². The first-order valence-corrected chi connectivity index (χ1v) is 5.91. The SMILES string of the molecule is NC1CCN(c2cnnc(NC3CC3)c2)C1. The number of nitrogens with zero attached hydrogens (tertiary/aromatic N) is 3. The summed E-state index contributed by atoms with van der Waals surface area (Å²) in [7, 11) is 0. The van der Waals surface area contributed by atoms with Gasteiger partial charge in [0.1, 0.15) is 0 Å². The Balaban J connectivity index is 1.73.